The first-order valence-electron chi connectivity index (χ1n) is 10.8. The lowest BCUT2D eigenvalue weighted by molar-refractivity contribution is 0.467. The molecule has 36 heavy (non-hydrogen) atoms. The van der Waals surface area contributed by atoms with Gasteiger partial charge < -0.3 is 14.3 Å². The molecule has 2 aromatic carbocycles. The SMILES string of the molecule is C.C.C.C.C.C.CC(C)(C)C.CCc1ccccc1O.C[Si](C)(C)O[Si](C)(C)Cc1ccccc1O. The van der Waals surface area contributed by atoms with Crippen molar-refractivity contribution >= 4 is 16.6 Å². The van der Waals surface area contributed by atoms with Gasteiger partial charge in [0.25, 0.3) is 0 Å². The number of rotatable bonds is 5. The van der Waals surface area contributed by atoms with E-state index in [9.17, 15) is 5.11 Å². The minimum absolute atomic E-state index is 0. The van der Waals surface area contributed by atoms with E-state index < -0.39 is 16.6 Å². The predicted octanol–water partition coefficient (Wildman–Crippen LogP) is 11.4. The molecular formula is C31H68O3Si2. The molecule has 0 aliphatic carbocycles. The number of phenols is 2. The summed E-state index contributed by atoms with van der Waals surface area (Å²) in [6, 6.07) is 15.8. The molecule has 0 fully saturated rings. The summed E-state index contributed by atoms with van der Waals surface area (Å²) in [4.78, 5) is 0. The largest absolute Gasteiger partial charge is 0.508 e. The molecule has 2 N–H and O–H groups in total. The molecule has 0 radical (unpaired) electrons. The molecule has 0 saturated heterocycles. The van der Waals surface area contributed by atoms with Gasteiger partial charge in [-0.2, -0.15) is 0 Å². The van der Waals surface area contributed by atoms with E-state index in [0.717, 1.165) is 23.6 Å². The van der Waals surface area contributed by atoms with Gasteiger partial charge in [-0.25, -0.2) is 0 Å². The smallest absolute Gasteiger partial charge is 0.177 e. The van der Waals surface area contributed by atoms with Crippen molar-refractivity contribution in [3.63, 3.8) is 0 Å². The Balaban J connectivity index is -0.0000000732. The van der Waals surface area contributed by atoms with Crippen LogP contribution in [0.1, 0.15) is 90.3 Å². The van der Waals surface area contributed by atoms with Crippen molar-refractivity contribution in [1.29, 1.82) is 0 Å². The van der Waals surface area contributed by atoms with E-state index in [1.807, 2.05) is 43.3 Å². The normalized spacial score (nSPS) is 9.72. The van der Waals surface area contributed by atoms with Crippen LogP contribution in [0.4, 0.5) is 0 Å². The molecule has 0 aliphatic rings. The fourth-order valence-corrected chi connectivity index (χ4v) is 10.9. The molecule has 2 rings (SSSR count). The molecule has 0 atom stereocenters. The Bertz CT molecular complexity index is 740. The summed E-state index contributed by atoms with van der Waals surface area (Å²) in [5.74, 6) is 0.794. The molecule has 0 amide bonds. The molecule has 2 aromatic rings. The second kappa shape index (κ2) is 22.6. The van der Waals surface area contributed by atoms with Crippen molar-refractivity contribution in [3.05, 3.63) is 59.7 Å². The van der Waals surface area contributed by atoms with Crippen LogP contribution in [0.15, 0.2) is 48.5 Å². The molecule has 0 saturated carbocycles. The van der Waals surface area contributed by atoms with Crippen molar-refractivity contribution in [3.8, 4) is 11.5 Å². The van der Waals surface area contributed by atoms with E-state index in [4.69, 9.17) is 9.22 Å². The first-order valence-corrected chi connectivity index (χ1v) is 17.3. The summed E-state index contributed by atoms with van der Waals surface area (Å²) in [6.07, 6.45) is 0.896. The maximum absolute atomic E-state index is 9.75. The van der Waals surface area contributed by atoms with E-state index in [1.54, 1.807) is 12.1 Å². The van der Waals surface area contributed by atoms with Gasteiger partial charge in [-0.3, -0.25) is 0 Å². The number of hydrogen-bond acceptors (Lipinski definition) is 3. The Morgan fingerprint density at radius 3 is 1.19 bits per heavy atom. The molecule has 0 unspecified atom stereocenters. The highest BCUT2D eigenvalue weighted by atomic mass is 28.4. The second-order valence-electron chi connectivity index (χ2n) is 10.8. The standard InChI is InChI=1S/C12H22O2Si2.C8H10O.C5H12.6CH4/c1-15(2,3)14-16(4,5)10-11-8-6-7-9-12(11)13;1-2-7-5-3-4-6-8(7)9;1-5(2,3)4;;;;;;/h6-9,13H,10H2,1-5H3;3-6,9H,2H2,1H3;1-4H3;6*1H4. The number of para-hydroxylation sites is 2. The zero-order valence-corrected chi connectivity index (χ0v) is 22.8. The van der Waals surface area contributed by atoms with Crippen LogP contribution in [-0.2, 0) is 16.6 Å². The lowest BCUT2D eigenvalue weighted by Crippen LogP contribution is -2.44. The van der Waals surface area contributed by atoms with Crippen molar-refractivity contribution in [2.75, 3.05) is 0 Å². The molecule has 218 valence electrons. The topological polar surface area (TPSA) is 49.7 Å². The molecule has 0 heterocycles. The van der Waals surface area contributed by atoms with E-state index in [2.05, 4.69) is 60.4 Å². The van der Waals surface area contributed by atoms with Crippen molar-refractivity contribution in [2.45, 2.75) is 124 Å². The van der Waals surface area contributed by atoms with E-state index in [1.165, 1.54) is 0 Å². The first kappa shape index (κ1) is 51.1. The van der Waals surface area contributed by atoms with E-state index >= 15 is 0 Å². The minimum atomic E-state index is -1.71. The fourth-order valence-electron chi connectivity index (χ4n) is 2.79. The number of aromatic hydroxyl groups is 2. The number of aryl methyl sites for hydroxylation is 1. The molecular weight excluding hydrogens is 477 g/mol. The van der Waals surface area contributed by atoms with Gasteiger partial charge in [0.05, 0.1) is 0 Å². The van der Waals surface area contributed by atoms with Gasteiger partial charge in [0.15, 0.2) is 16.6 Å². The predicted molar refractivity (Wildman–Crippen MR) is 177 cm³/mol. The van der Waals surface area contributed by atoms with Crippen LogP contribution in [-0.4, -0.2) is 26.8 Å². The maximum Gasteiger partial charge on any atom is 0.177 e. The van der Waals surface area contributed by atoms with Crippen LogP contribution in [0.3, 0.4) is 0 Å². The number of benzene rings is 2. The summed E-state index contributed by atoms with van der Waals surface area (Å²) < 4.78 is 6.25. The van der Waals surface area contributed by atoms with Crippen LogP contribution in [0.5, 0.6) is 11.5 Å². The minimum Gasteiger partial charge on any atom is -0.508 e. The Morgan fingerprint density at radius 2 is 0.944 bits per heavy atom. The summed E-state index contributed by atoms with van der Waals surface area (Å²) in [7, 11) is -3.19. The van der Waals surface area contributed by atoms with Crippen LogP contribution in [0, 0.1) is 5.41 Å². The molecule has 0 spiro atoms. The maximum atomic E-state index is 9.75. The lowest BCUT2D eigenvalue weighted by atomic mass is 10.0. The average Bonchev–Trinajstić information content (AvgIpc) is 2.54. The van der Waals surface area contributed by atoms with Crippen LogP contribution >= 0.6 is 0 Å². The van der Waals surface area contributed by atoms with E-state index in [-0.39, 0.29) is 44.6 Å². The summed E-state index contributed by atoms with van der Waals surface area (Å²) in [5, 5.41) is 18.9. The van der Waals surface area contributed by atoms with Crippen molar-refractivity contribution < 1.29 is 14.3 Å². The first-order chi connectivity index (χ1) is 13.5. The van der Waals surface area contributed by atoms with Crippen LogP contribution < -0.4 is 0 Å². The Morgan fingerprint density at radius 1 is 0.639 bits per heavy atom. The molecule has 0 aromatic heterocycles. The molecule has 3 nitrogen and oxygen atoms in total. The third-order valence-corrected chi connectivity index (χ3v) is 9.45. The quantitative estimate of drug-likeness (QED) is 0.368. The number of hydrogen-bond donors (Lipinski definition) is 2. The summed E-state index contributed by atoms with van der Waals surface area (Å²) >= 11 is 0. The Kier molecular flexibility index (Phi) is 32.1. The Hall–Kier alpha value is -1.57. The monoisotopic (exact) mass is 544 g/mol. The molecule has 0 aliphatic heterocycles. The van der Waals surface area contributed by atoms with Gasteiger partial charge in [-0.1, -0.05) is 116 Å². The zero-order valence-electron chi connectivity index (χ0n) is 20.8. The summed E-state index contributed by atoms with van der Waals surface area (Å²) in [6.45, 7) is 21.9. The van der Waals surface area contributed by atoms with E-state index in [0.29, 0.717) is 16.9 Å². The van der Waals surface area contributed by atoms with Gasteiger partial charge >= 0.3 is 0 Å². The van der Waals surface area contributed by atoms with Crippen molar-refractivity contribution in [1.82, 2.24) is 0 Å². The number of phenolic OH excluding ortho intramolecular Hbond substituents is 2. The van der Waals surface area contributed by atoms with Gasteiger partial charge in [0.2, 0.25) is 0 Å². The third-order valence-electron chi connectivity index (χ3n) is 3.56. The molecule has 5 heteroatoms. The second-order valence-corrected chi connectivity index (χ2v) is 19.7. The van der Waals surface area contributed by atoms with Gasteiger partial charge in [-0.05, 0) is 73.9 Å². The highest BCUT2D eigenvalue weighted by Crippen LogP contribution is 2.24. The average molecular weight is 545 g/mol. The van der Waals surface area contributed by atoms with Crippen LogP contribution in [0.2, 0.25) is 32.7 Å². The summed E-state index contributed by atoms with van der Waals surface area (Å²) in [5.41, 5.74) is 2.52. The van der Waals surface area contributed by atoms with Gasteiger partial charge in [0.1, 0.15) is 11.5 Å². The van der Waals surface area contributed by atoms with Gasteiger partial charge in [0, 0.05) is 0 Å². The molecule has 0 bridgehead atoms. The van der Waals surface area contributed by atoms with Crippen molar-refractivity contribution in [2.24, 2.45) is 5.41 Å². The van der Waals surface area contributed by atoms with Crippen LogP contribution in [0.25, 0.3) is 0 Å². The third kappa shape index (κ3) is 28.7. The highest BCUT2D eigenvalue weighted by Gasteiger charge is 2.30. The van der Waals surface area contributed by atoms with Gasteiger partial charge in [-0.15, -0.1) is 0 Å². The highest BCUT2D eigenvalue weighted by molar-refractivity contribution is 6.84. The zero-order chi connectivity index (χ0) is 23.6. The fraction of sp³-hybridized carbons (Fsp3) is 0.613. The lowest BCUT2D eigenvalue weighted by Gasteiger charge is -2.31. The Labute approximate surface area is 231 Å².